The van der Waals surface area contributed by atoms with Crippen LogP contribution in [0, 0.1) is 11.3 Å². The number of nitrogens with zero attached hydrogens (tertiary/aromatic N) is 4. The van der Waals surface area contributed by atoms with Crippen molar-refractivity contribution >= 4 is 11.7 Å². The van der Waals surface area contributed by atoms with Crippen molar-refractivity contribution in [2.75, 3.05) is 5.32 Å². The lowest BCUT2D eigenvalue weighted by Crippen LogP contribution is -2.18. The third kappa shape index (κ3) is 3.22. The Hall–Kier alpha value is -3.40. The largest absolute Gasteiger partial charge is 0.309 e. The van der Waals surface area contributed by atoms with Gasteiger partial charge >= 0.3 is 0 Å². The first-order valence-electron chi connectivity index (χ1n) is 8.55. The zero-order valence-corrected chi connectivity index (χ0v) is 14.3. The van der Waals surface area contributed by atoms with Crippen molar-refractivity contribution in [2.24, 2.45) is 0 Å². The Morgan fingerprint density at radius 2 is 2.27 bits per heavy atom. The first kappa shape index (κ1) is 16.1. The van der Waals surface area contributed by atoms with E-state index in [-0.39, 0.29) is 11.8 Å². The molecule has 1 aromatic carbocycles. The number of nitrogens with one attached hydrogen (secondary N) is 2. The summed E-state index contributed by atoms with van der Waals surface area (Å²) < 4.78 is 1.67. The molecule has 0 saturated heterocycles. The number of nitriles is 1. The minimum atomic E-state index is -0.371. The first-order valence-corrected chi connectivity index (χ1v) is 8.55. The summed E-state index contributed by atoms with van der Waals surface area (Å²) in [5, 5.41) is 23.3. The van der Waals surface area contributed by atoms with E-state index in [1.807, 2.05) is 19.1 Å². The van der Waals surface area contributed by atoms with Crippen molar-refractivity contribution < 1.29 is 4.79 Å². The molecule has 7 heteroatoms. The molecule has 0 bridgehead atoms. The van der Waals surface area contributed by atoms with Gasteiger partial charge in [-0.15, -0.1) is 0 Å². The van der Waals surface area contributed by atoms with Gasteiger partial charge in [0.1, 0.15) is 0 Å². The quantitative estimate of drug-likeness (QED) is 0.741. The van der Waals surface area contributed by atoms with Gasteiger partial charge in [0.15, 0.2) is 5.82 Å². The summed E-state index contributed by atoms with van der Waals surface area (Å²) in [6.45, 7) is 1.83. The van der Waals surface area contributed by atoms with Crippen LogP contribution in [0.3, 0.4) is 0 Å². The van der Waals surface area contributed by atoms with Crippen LogP contribution in [0.5, 0.6) is 0 Å². The van der Waals surface area contributed by atoms with E-state index in [9.17, 15) is 4.79 Å². The second-order valence-electron chi connectivity index (χ2n) is 6.57. The van der Waals surface area contributed by atoms with Crippen LogP contribution in [-0.2, 0) is 4.79 Å². The normalized spacial score (nSPS) is 14.6. The predicted molar refractivity (Wildman–Crippen MR) is 95.9 cm³/mol. The molecular formula is C19H18N6O. The van der Waals surface area contributed by atoms with Crippen molar-refractivity contribution in [1.29, 1.82) is 5.26 Å². The van der Waals surface area contributed by atoms with Gasteiger partial charge in [0.2, 0.25) is 5.91 Å². The molecule has 4 rings (SSSR count). The molecule has 1 aliphatic rings. The number of amides is 1. The monoisotopic (exact) mass is 346 g/mol. The SMILES string of the molecule is C[C@H](C(=O)Nc1cc(C2CC2)[nH]n1)c1cnn(-c2cccc(C#N)c2)c1. The highest BCUT2D eigenvalue weighted by Crippen LogP contribution is 2.39. The van der Waals surface area contributed by atoms with Crippen LogP contribution in [-0.4, -0.2) is 25.9 Å². The maximum atomic E-state index is 12.5. The van der Waals surface area contributed by atoms with E-state index in [1.54, 1.807) is 35.3 Å². The van der Waals surface area contributed by atoms with Gasteiger partial charge in [0.25, 0.3) is 0 Å². The Balaban J connectivity index is 1.47. The van der Waals surface area contributed by atoms with E-state index in [1.165, 1.54) is 12.8 Å². The van der Waals surface area contributed by atoms with Crippen molar-refractivity contribution in [3.8, 4) is 11.8 Å². The van der Waals surface area contributed by atoms with E-state index in [0.717, 1.165) is 16.9 Å². The molecule has 1 amide bonds. The average Bonchev–Trinajstić information content (AvgIpc) is 3.21. The fourth-order valence-corrected chi connectivity index (χ4v) is 2.81. The molecule has 26 heavy (non-hydrogen) atoms. The molecule has 1 atom stereocenters. The number of aromatic nitrogens is 4. The summed E-state index contributed by atoms with van der Waals surface area (Å²) in [7, 11) is 0. The smallest absolute Gasteiger partial charge is 0.232 e. The Morgan fingerprint density at radius 1 is 1.42 bits per heavy atom. The van der Waals surface area contributed by atoms with Crippen molar-refractivity contribution in [3.63, 3.8) is 0 Å². The third-order valence-electron chi connectivity index (χ3n) is 4.60. The zero-order chi connectivity index (χ0) is 18.1. The molecular weight excluding hydrogens is 328 g/mol. The second kappa shape index (κ2) is 6.48. The predicted octanol–water partition coefficient (Wildman–Crippen LogP) is 3.09. The summed E-state index contributed by atoms with van der Waals surface area (Å²) in [5.74, 6) is 0.610. The van der Waals surface area contributed by atoms with Crippen LogP contribution >= 0.6 is 0 Å². The molecule has 1 fully saturated rings. The highest BCUT2D eigenvalue weighted by Gasteiger charge is 2.26. The van der Waals surface area contributed by atoms with Gasteiger partial charge in [-0.25, -0.2) is 4.68 Å². The fourth-order valence-electron chi connectivity index (χ4n) is 2.81. The van der Waals surface area contributed by atoms with E-state index in [2.05, 4.69) is 26.7 Å². The molecule has 2 aromatic heterocycles. The van der Waals surface area contributed by atoms with Crippen LogP contribution in [0.4, 0.5) is 5.82 Å². The molecule has 0 radical (unpaired) electrons. The van der Waals surface area contributed by atoms with Crippen molar-refractivity contribution in [2.45, 2.75) is 31.6 Å². The molecule has 0 unspecified atom stereocenters. The van der Waals surface area contributed by atoms with Gasteiger partial charge in [-0.1, -0.05) is 6.07 Å². The van der Waals surface area contributed by atoms with E-state index in [4.69, 9.17) is 5.26 Å². The molecule has 2 N–H and O–H groups in total. The molecule has 1 saturated carbocycles. The lowest BCUT2D eigenvalue weighted by atomic mass is 10.0. The van der Waals surface area contributed by atoms with E-state index >= 15 is 0 Å². The average molecular weight is 346 g/mol. The van der Waals surface area contributed by atoms with Gasteiger partial charge in [-0.3, -0.25) is 9.89 Å². The number of anilines is 1. The summed E-state index contributed by atoms with van der Waals surface area (Å²) >= 11 is 0. The van der Waals surface area contributed by atoms with Crippen molar-refractivity contribution in [3.05, 3.63) is 59.5 Å². The van der Waals surface area contributed by atoms with E-state index in [0.29, 0.717) is 17.3 Å². The van der Waals surface area contributed by atoms with Crippen LogP contribution in [0.15, 0.2) is 42.7 Å². The number of aromatic amines is 1. The minimum Gasteiger partial charge on any atom is -0.309 e. The highest BCUT2D eigenvalue weighted by molar-refractivity contribution is 5.94. The number of hydrogen-bond acceptors (Lipinski definition) is 4. The number of benzene rings is 1. The van der Waals surface area contributed by atoms with Gasteiger partial charge in [0.05, 0.1) is 29.4 Å². The summed E-state index contributed by atoms with van der Waals surface area (Å²) in [6.07, 6.45) is 5.83. The van der Waals surface area contributed by atoms with Crippen LogP contribution in [0.25, 0.3) is 5.69 Å². The number of hydrogen-bond donors (Lipinski definition) is 2. The summed E-state index contributed by atoms with van der Waals surface area (Å²) in [5.41, 5.74) is 3.22. The molecule has 0 spiro atoms. The summed E-state index contributed by atoms with van der Waals surface area (Å²) in [4.78, 5) is 12.5. The zero-order valence-electron chi connectivity index (χ0n) is 14.3. The Kier molecular flexibility index (Phi) is 4.01. The summed E-state index contributed by atoms with van der Waals surface area (Å²) in [6, 6.07) is 11.2. The minimum absolute atomic E-state index is 0.135. The Bertz CT molecular complexity index is 991. The first-order chi connectivity index (χ1) is 12.6. The molecule has 2 heterocycles. The van der Waals surface area contributed by atoms with Crippen LogP contribution < -0.4 is 5.32 Å². The number of carbonyl (C=O) groups excluding carboxylic acids is 1. The van der Waals surface area contributed by atoms with E-state index < -0.39 is 0 Å². The number of carbonyl (C=O) groups is 1. The highest BCUT2D eigenvalue weighted by atomic mass is 16.1. The Morgan fingerprint density at radius 3 is 3.04 bits per heavy atom. The molecule has 3 aromatic rings. The maximum Gasteiger partial charge on any atom is 0.232 e. The molecule has 7 nitrogen and oxygen atoms in total. The topological polar surface area (TPSA) is 99.4 Å². The van der Waals surface area contributed by atoms with Gasteiger partial charge in [-0.2, -0.15) is 15.5 Å². The number of rotatable bonds is 5. The van der Waals surface area contributed by atoms with Crippen LogP contribution in [0.2, 0.25) is 0 Å². The van der Waals surface area contributed by atoms with Gasteiger partial charge in [-0.05, 0) is 38.0 Å². The molecule has 1 aliphatic carbocycles. The lowest BCUT2D eigenvalue weighted by molar-refractivity contribution is -0.117. The third-order valence-corrected chi connectivity index (χ3v) is 4.60. The van der Waals surface area contributed by atoms with Crippen LogP contribution in [0.1, 0.15) is 48.4 Å². The second-order valence-corrected chi connectivity index (χ2v) is 6.57. The van der Waals surface area contributed by atoms with Gasteiger partial charge < -0.3 is 5.32 Å². The molecule has 130 valence electrons. The lowest BCUT2D eigenvalue weighted by Gasteiger charge is -2.08. The standard InChI is InChI=1S/C19H18N6O/c1-12(19(26)22-18-8-17(23-24-18)14-5-6-14)15-10-21-25(11-15)16-4-2-3-13(7-16)9-20/h2-4,7-8,10-12,14H,5-6H2,1H3,(H2,22,23,24,26)/t12-/m0/s1. The maximum absolute atomic E-state index is 12.5. The molecule has 0 aliphatic heterocycles. The number of H-pyrrole nitrogens is 1. The van der Waals surface area contributed by atoms with Gasteiger partial charge in [0, 0.05) is 29.4 Å². The fraction of sp³-hybridized carbons (Fsp3) is 0.263. The Labute approximate surface area is 150 Å². The van der Waals surface area contributed by atoms with Crippen molar-refractivity contribution in [1.82, 2.24) is 20.0 Å².